The number of ether oxygens (including phenoxy) is 4. The molecule has 5 heteroatoms. The summed E-state index contributed by atoms with van der Waals surface area (Å²) < 4.78 is 20.3. The second kappa shape index (κ2) is 11.4. The third-order valence-corrected chi connectivity index (χ3v) is 1.58. The minimum atomic E-state index is -0.369. The highest BCUT2D eigenvalue weighted by Crippen LogP contribution is 1.87. The highest BCUT2D eigenvalue weighted by molar-refractivity contribution is 4.78. The molecule has 0 aromatic heterocycles. The molecule has 0 amide bonds. The van der Waals surface area contributed by atoms with Crippen LogP contribution < -0.4 is 0 Å². The molecule has 88 valence electrons. The van der Waals surface area contributed by atoms with Gasteiger partial charge < -0.3 is 18.9 Å². The van der Waals surface area contributed by atoms with Crippen LogP contribution in [0.4, 0.5) is 0 Å². The zero-order chi connectivity index (χ0) is 11.4. The number of rotatable bonds is 10. The quantitative estimate of drug-likeness (QED) is 0.501. The van der Waals surface area contributed by atoms with E-state index >= 15 is 0 Å². The Balaban J connectivity index is 2.96. The Morgan fingerprint density at radius 3 is 2.07 bits per heavy atom. The van der Waals surface area contributed by atoms with E-state index in [0.717, 1.165) is 0 Å². The van der Waals surface area contributed by atoms with Crippen molar-refractivity contribution in [2.45, 2.75) is 13.0 Å². The van der Waals surface area contributed by atoms with E-state index in [1.54, 1.807) is 14.0 Å². The van der Waals surface area contributed by atoms with E-state index in [0.29, 0.717) is 39.6 Å². The lowest BCUT2D eigenvalue weighted by Crippen LogP contribution is -2.13. The molecule has 0 rings (SSSR count). The van der Waals surface area contributed by atoms with Crippen LogP contribution in [0.1, 0.15) is 6.92 Å². The number of methoxy groups -OCH3 is 1. The van der Waals surface area contributed by atoms with Crippen molar-refractivity contribution in [1.82, 2.24) is 0 Å². The SMILES string of the molecule is COCCOCCOCCOC(C)C#N. The van der Waals surface area contributed by atoms with Crippen LogP contribution in [0.25, 0.3) is 0 Å². The Labute approximate surface area is 90.9 Å². The molecule has 0 saturated carbocycles. The van der Waals surface area contributed by atoms with Gasteiger partial charge in [-0.05, 0) is 6.92 Å². The topological polar surface area (TPSA) is 60.7 Å². The van der Waals surface area contributed by atoms with Gasteiger partial charge in [0, 0.05) is 7.11 Å². The first-order chi connectivity index (χ1) is 7.31. The molecule has 1 atom stereocenters. The van der Waals surface area contributed by atoms with Gasteiger partial charge in [-0.2, -0.15) is 5.26 Å². The predicted molar refractivity (Wildman–Crippen MR) is 54.5 cm³/mol. The van der Waals surface area contributed by atoms with Crippen LogP contribution in [0, 0.1) is 11.3 Å². The van der Waals surface area contributed by atoms with E-state index in [2.05, 4.69) is 0 Å². The Kier molecular flexibility index (Phi) is 10.9. The average Bonchev–Trinajstić information content (AvgIpc) is 2.26. The lowest BCUT2D eigenvalue weighted by molar-refractivity contribution is -0.00250. The summed E-state index contributed by atoms with van der Waals surface area (Å²) in [5.74, 6) is 0. The van der Waals surface area contributed by atoms with E-state index in [4.69, 9.17) is 24.2 Å². The zero-order valence-electron chi connectivity index (χ0n) is 9.40. The fraction of sp³-hybridized carbons (Fsp3) is 0.900. The van der Waals surface area contributed by atoms with Crippen LogP contribution in [0.3, 0.4) is 0 Å². The van der Waals surface area contributed by atoms with Crippen molar-refractivity contribution in [1.29, 1.82) is 5.26 Å². The van der Waals surface area contributed by atoms with Crippen molar-refractivity contribution >= 4 is 0 Å². The molecule has 0 aliphatic heterocycles. The first-order valence-corrected chi connectivity index (χ1v) is 4.97. The highest BCUT2D eigenvalue weighted by atomic mass is 16.6. The second-order valence-electron chi connectivity index (χ2n) is 2.86. The van der Waals surface area contributed by atoms with Gasteiger partial charge in [0.15, 0.2) is 0 Å². The highest BCUT2D eigenvalue weighted by Gasteiger charge is 1.97. The summed E-state index contributed by atoms with van der Waals surface area (Å²) in [6.45, 7) is 4.90. The minimum absolute atomic E-state index is 0.369. The Bertz CT molecular complexity index is 169. The Morgan fingerprint density at radius 2 is 1.53 bits per heavy atom. The maximum Gasteiger partial charge on any atom is 0.141 e. The lowest BCUT2D eigenvalue weighted by atomic mass is 10.5. The number of nitrogens with zero attached hydrogens (tertiary/aromatic N) is 1. The van der Waals surface area contributed by atoms with Crippen LogP contribution in [-0.2, 0) is 18.9 Å². The Morgan fingerprint density at radius 1 is 1.00 bits per heavy atom. The molecule has 0 aliphatic carbocycles. The summed E-state index contributed by atoms with van der Waals surface area (Å²) in [4.78, 5) is 0. The van der Waals surface area contributed by atoms with Crippen molar-refractivity contribution < 1.29 is 18.9 Å². The van der Waals surface area contributed by atoms with Gasteiger partial charge in [-0.1, -0.05) is 0 Å². The van der Waals surface area contributed by atoms with E-state index in [-0.39, 0.29) is 6.10 Å². The first kappa shape index (κ1) is 14.3. The predicted octanol–water partition coefficient (Wildman–Crippen LogP) is 0.595. The fourth-order valence-corrected chi connectivity index (χ4v) is 0.785. The van der Waals surface area contributed by atoms with E-state index in [1.165, 1.54) is 0 Å². The van der Waals surface area contributed by atoms with Crippen LogP contribution >= 0.6 is 0 Å². The summed E-state index contributed by atoms with van der Waals surface area (Å²) in [6, 6.07) is 1.97. The monoisotopic (exact) mass is 217 g/mol. The van der Waals surface area contributed by atoms with Crippen molar-refractivity contribution in [3.05, 3.63) is 0 Å². The van der Waals surface area contributed by atoms with E-state index in [1.807, 2.05) is 6.07 Å². The van der Waals surface area contributed by atoms with Gasteiger partial charge in [-0.15, -0.1) is 0 Å². The number of nitriles is 1. The molecule has 0 N–H and O–H groups in total. The summed E-state index contributed by atoms with van der Waals surface area (Å²) in [6.07, 6.45) is -0.369. The third kappa shape index (κ3) is 11.3. The summed E-state index contributed by atoms with van der Waals surface area (Å²) >= 11 is 0. The van der Waals surface area contributed by atoms with Crippen molar-refractivity contribution in [2.24, 2.45) is 0 Å². The molecule has 0 aliphatic rings. The van der Waals surface area contributed by atoms with Crippen molar-refractivity contribution in [3.8, 4) is 6.07 Å². The van der Waals surface area contributed by atoms with Gasteiger partial charge in [-0.25, -0.2) is 0 Å². The van der Waals surface area contributed by atoms with E-state index < -0.39 is 0 Å². The smallest absolute Gasteiger partial charge is 0.141 e. The summed E-state index contributed by atoms with van der Waals surface area (Å²) in [5, 5.41) is 8.41. The maximum atomic E-state index is 8.41. The first-order valence-electron chi connectivity index (χ1n) is 4.97. The van der Waals surface area contributed by atoms with Gasteiger partial charge >= 0.3 is 0 Å². The number of hydrogen-bond donors (Lipinski definition) is 0. The van der Waals surface area contributed by atoms with Gasteiger partial charge in [0.05, 0.1) is 45.7 Å². The molecule has 0 spiro atoms. The van der Waals surface area contributed by atoms with Gasteiger partial charge in [0.25, 0.3) is 0 Å². The third-order valence-electron chi connectivity index (χ3n) is 1.58. The number of hydrogen-bond acceptors (Lipinski definition) is 5. The molecule has 0 saturated heterocycles. The van der Waals surface area contributed by atoms with Crippen molar-refractivity contribution in [3.63, 3.8) is 0 Å². The molecule has 0 aromatic rings. The lowest BCUT2D eigenvalue weighted by Gasteiger charge is -2.07. The van der Waals surface area contributed by atoms with Crippen LogP contribution in [0.15, 0.2) is 0 Å². The molecule has 0 bridgehead atoms. The second-order valence-corrected chi connectivity index (χ2v) is 2.86. The minimum Gasteiger partial charge on any atom is -0.382 e. The Hall–Kier alpha value is -0.670. The molecule has 0 heterocycles. The van der Waals surface area contributed by atoms with Crippen LogP contribution in [0.5, 0.6) is 0 Å². The average molecular weight is 217 g/mol. The molecular formula is C10H19NO4. The van der Waals surface area contributed by atoms with Crippen LogP contribution in [0.2, 0.25) is 0 Å². The standard InChI is InChI=1S/C10H19NO4/c1-10(9-11)15-8-7-14-6-5-13-4-3-12-2/h10H,3-8H2,1-2H3. The fourth-order valence-electron chi connectivity index (χ4n) is 0.785. The summed E-state index contributed by atoms with van der Waals surface area (Å²) in [7, 11) is 1.63. The van der Waals surface area contributed by atoms with Gasteiger partial charge in [0.2, 0.25) is 0 Å². The molecule has 5 nitrogen and oxygen atoms in total. The molecule has 15 heavy (non-hydrogen) atoms. The molecule has 0 aromatic carbocycles. The van der Waals surface area contributed by atoms with Gasteiger partial charge in [-0.3, -0.25) is 0 Å². The van der Waals surface area contributed by atoms with Crippen molar-refractivity contribution in [2.75, 3.05) is 46.8 Å². The summed E-state index contributed by atoms with van der Waals surface area (Å²) in [5.41, 5.74) is 0. The maximum absolute atomic E-state index is 8.41. The molecule has 1 unspecified atom stereocenters. The van der Waals surface area contributed by atoms with Gasteiger partial charge in [0.1, 0.15) is 6.10 Å². The van der Waals surface area contributed by atoms with E-state index in [9.17, 15) is 0 Å². The largest absolute Gasteiger partial charge is 0.382 e. The molecule has 0 radical (unpaired) electrons. The molecular weight excluding hydrogens is 198 g/mol. The van der Waals surface area contributed by atoms with Crippen LogP contribution in [-0.4, -0.2) is 52.9 Å². The zero-order valence-corrected chi connectivity index (χ0v) is 9.40. The normalized spacial score (nSPS) is 12.3. The molecule has 0 fully saturated rings.